The third-order valence-corrected chi connectivity index (χ3v) is 9.90. The molecule has 0 aromatic heterocycles. The normalized spacial score (nSPS) is 15.8. The van der Waals surface area contributed by atoms with Gasteiger partial charge in [-0.2, -0.15) is 0 Å². The van der Waals surface area contributed by atoms with Crippen LogP contribution >= 0.6 is 0 Å². The van der Waals surface area contributed by atoms with Gasteiger partial charge in [0.1, 0.15) is 0 Å². The summed E-state index contributed by atoms with van der Waals surface area (Å²) in [4.78, 5) is 2.52. The highest BCUT2D eigenvalue weighted by Crippen LogP contribution is 2.58. The van der Waals surface area contributed by atoms with Gasteiger partial charge in [0.05, 0.1) is 5.54 Å². The van der Waals surface area contributed by atoms with Gasteiger partial charge in [-0.25, -0.2) is 0 Å². The van der Waals surface area contributed by atoms with Crippen molar-refractivity contribution >= 4 is 28.2 Å². The van der Waals surface area contributed by atoms with Crippen LogP contribution in [0.1, 0.15) is 18.1 Å². The molecule has 0 saturated heterocycles. The van der Waals surface area contributed by atoms with Crippen LogP contribution in [0, 0.1) is 0 Å². The van der Waals surface area contributed by atoms with E-state index >= 15 is 0 Å². The Morgan fingerprint density at radius 2 is 0.957 bits per heavy atom. The first-order valence-electron chi connectivity index (χ1n) is 16.2. The SMILES string of the molecule is CC1(N(c2ccccc2)c2ccccc2)C=Cc2c(c(-c3ccccc3)c3c(c2-c2ccccc2)-c2cccc4cccc-3c24)C1. The number of nitrogens with zero attached hydrogens (tertiary/aromatic N) is 1. The van der Waals surface area contributed by atoms with Crippen molar-refractivity contribution in [3.63, 3.8) is 0 Å². The first kappa shape index (κ1) is 26.7. The van der Waals surface area contributed by atoms with E-state index in [0.717, 1.165) is 6.42 Å². The largest absolute Gasteiger partial charge is 0.332 e. The molecule has 1 atom stereocenters. The lowest BCUT2D eigenvalue weighted by atomic mass is 9.73. The lowest BCUT2D eigenvalue weighted by Crippen LogP contribution is -2.45. The van der Waals surface area contributed by atoms with Crippen molar-refractivity contribution in [3.8, 4) is 44.5 Å². The predicted octanol–water partition coefficient (Wildman–Crippen LogP) is 12.0. The van der Waals surface area contributed by atoms with Crippen LogP contribution in [-0.4, -0.2) is 5.54 Å². The van der Waals surface area contributed by atoms with Crippen LogP contribution in [-0.2, 0) is 6.42 Å². The summed E-state index contributed by atoms with van der Waals surface area (Å²) in [7, 11) is 0. The summed E-state index contributed by atoms with van der Waals surface area (Å²) in [6.45, 7) is 2.39. The molecule has 0 amide bonds. The summed E-state index contributed by atoms with van der Waals surface area (Å²) in [5, 5.41) is 2.65. The van der Waals surface area contributed by atoms with Gasteiger partial charge in [-0.1, -0.05) is 146 Å². The second kappa shape index (κ2) is 10.5. The Morgan fingerprint density at radius 1 is 0.478 bits per heavy atom. The van der Waals surface area contributed by atoms with Crippen molar-refractivity contribution in [2.75, 3.05) is 4.90 Å². The monoisotopic (exact) mass is 587 g/mol. The van der Waals surface area contributed by atoms with E-state index in [2.05, 4.69) is 182 Å². The van der Waals surface area contributed by atoms with Gasteiger partial charge in [0.2, 0.25) is 0 Å². The first-order chi connectivity index (χ1) is 22.7. The van der Waals surface area contributed by atoms with Gasteiger partial charge in [0.15, 0.2) is 0 Å². The molecule has 1 unspecified atom stereocenters. The van der Waals surface area contributed by atoms with Crippen molar-refractivity contribution < 1.29 is 0 Å². The van der Waals surface area contributed by atoms with Gasteiger partial charge in [0, 0.05) is 17.8 Å². The molecule has 0 radical (unpaired) electrons. The fraction of sp³-hybridized carbons (Fsp3) is 0.0667. The summed E-state index contributed by atoms with van der Waals surface area (Å²) in [6, 6.07) is 57.4. The molecule has 0 aliphatic heterocycles. The van der Waals surface area contributed by atoms with Gasteiger partial charge in [-0.15, -0.1) is 0 Å². The fourth-order valence-electron chi connectivity index (χ4n) is 8.04. The number of anilines is 2. The number of fused-ring (bicyclic) bond motifs is 4. The number of hydrogen-bond acceptors (Lipinski definition) is 1. The quantitative estimate of drug-likeness (QED) is 0.194. The van der Waals surface area contributed by atoms with Gasteiger partial charge >= 0.3 is 0 Å². The van der Waals surface area contributed by atoms with E-state index in [-0.39, 0.29) is 5.54 Å². The van der Waals surface area contributed by atoms with E-state index in [1.807, 2.05) is 0 Å². The van der Waals surface area contributed by atoms with Gasteiger partial charge in [-0.3, -0.25) is 0 Å². The molecule has 218 valence electrons. The van der Waals surface area contributed by atoms with E-state index in [4.69, 9.17) is 0 Å². The highest BCUT2D eigenvalue weighted by Gasteiger charge is 2.39. The maximum atomic E-state index is 2.52. The minimum Gasteiger partial charge on any atom is -0.332 e. The molecule has 2 aliphatic carbocycles. The number of para-hydroxylation sites is 2. The van der Waals surface area contributed by atoms with E-state index < -0.39 is 0 Å². The zero-order valence-electron chi connectivity index (χ0n) is 25.8. The predicted molar refractivity (Wildman–Crippen MR) is 195 cm³/mol. The van der Waals surface area contributed by atoms with Crippen molar-refractivity contribution in [2.24, 2.45) is 0 Å². The molecule has 0 bridgehead atoms. The van der Waals surface area contributed by atoms with E-state index in [9.17, 15) is 0 Å². The molecule has 0 fully saturated rings. The molecule has 9 rings (SSSR count). The topological polar surface area (TPSA) is 3.24 Å². The molecule has 1 heteroatoms. The molecular weight excluding hydrogens is 555 g/mol. The number of benzene rings is 7. The lowest BCUT2D eigenvalue weighted by molar-refractivity contribution is 0.560. The number of hydrogen-bond donors (Lipinski definition) is 0. The molecule has 1 nitrogen and oxygen atoms in total. The van der Waals surface area contributed by atoms with E-state index in [1.165, 1.54) is 77.8 Å². The van der Waals surface area contributed by atoms with Crippen LogP contribution in [0.5, 0.6) is 0 Å². The van der Waals surface area contributed by atoms with Crippen LogP contribution in [0.3, 0.4) is 0 Å². The molecule has 46 heavy (non-hydrogen) atoms. The Balaban J connectivity index is 1.39. The summed E-state index contributed by atoms with van der Waals surface area (Å²) in [5.41, 5.74) is 15.4. The third kappa shape index (κ3) is 4.02. The summed E-state index contributed by atoms with van der Waals surface area (Å²) >= 11 is 0. The molecular formula is C45H33N. The molecule has 0 heterocycles. The molecule has 0 spiro atoms. The van der Waals surface area contributed by atoms with Gasteiger partial charge < -0.3 is 4.90 Å². The van der Waals surface area contributed by atoms with Crippen LogP contribution in [0.25, 0.3) is 61.4 Å². The van der Waals surface area contributed by atoms with Crippen LogP contribution in [0.15, 0.2) is 164 Å². The maximum absolute atomic E-state index is 2.52. The second-order valence-electron chi connectivity index (χ2n) is 12.7. The molecule has 7 aromatic rings. The average molecular weight is 588 g/mol. The Kier molecular flexibility index (Phi) is 6.08. The van der Waals surface area contributed by atoms with Crippen molar-refractivity contribution in [1.82, 2.24) is 0 Å². The minimum absolute atomic E-state index is 0.321. The Labute approximate surface area is 270 Å². The Bertz CT molecular complexity index is 2220. The zero-order chi connectivity index (χ0) is 30.7. The summed E-state index contributed by atoms with van der Waals surface area (Å²) in [5.74, 6) is 0. The Hall–Kier alpha value is -5.66. The van der Waals surface area contributed by atoms with Crippen molar-refractivity contribution in [1.29, 1.82) is 0 Å². The minimum atomic E-state index is -0.321. The van der Waals surface area contributed by atoms with Crippen LogP contribution < -0.4 is 4.90 Å². The van der Waals surface area contributed by atoms with Crippen molar-refractivity contribution in [2.45, 2.75) is 18.9 Å². The van der Waals surface area contributed by atoms with Gasteiger partial charge in [-0.05, 0) is 97.6 Å². The van der Waals surface area contributed by atoms with Gasteiger partial charge in [0.25, 0.3) is 0 Å². The smallest absolute Gasteiger partial charge is 0.0649 e. The van der Waals surface area contributed by atoms with Crippen LogP contribution in [0.2, 0.25) is 0 Å². The summed E-state index contributed by atoms with van der Waals surface area (Å²) < 4.78 is 0. The molecule has 2 aliphatic rings. The molecule has 7 aromatic carbocycles. The average Bonchev–Trinajstić information content (AvgIpc) is 3.44. The Morgan fingerprint density at radius 3 is 1.50 bits per heavy atom. The highest BCUT2D eigenvalue weighted by molar-refractivity contribution is 6.22. The fourth-order valence-corrected chi connectivity index (χ4v) is 8.04. The van der Waals surface area contributed by atoms with Crippen LogP contribution in [0.4, 0.5) is 11.4 Å². The highest BCUT2D eigenvalue weighted by atomic mass is 15.2. The second-order valence-corrected chi connectivity index (χ2v) is 12.7. The number of rotatable bonds is 5. The molecule has 0 saturated carbocycles. The summed E-state index contributed by atoms with van der Waals surface area (Å²) in [6.07, 6.45) is 5.73. The van der Waals surface area contributed by atoms with E-state index in [0.29, 0.717) is 0 Å². The third-order valence-electron chi connectivity index (χ3n) is 9.90. The molecule has 0 N–H and O–H groups in total. The zero-order valence-corrected chi connectivity index (χ0v) is 25.8. The lowest BCUT2D eigenvalue weighted by Gasteiger charge is -2.44. The first-order valence-corrected chi connectivity index (χ1v) is 16.2. The van der Waals surface area contributed by atoms with E-state index in [1.54, 1.807) is 0 Å². The standard InChI is InChI=1S/C45H33N/c1-45(46(34-22-10-4-11-23-34)35-24-12-5-13-25-35)29-28-36-39(30-45)42(33-18-8-3-9-19-33)44-38-27-15-21-31-20-14-26-37(40(31)38)43(44)41(36)32-16-6-2-7-17-32/h2-29H,30H2,1H3. The van der Waals surface area contributed by atoms with Crippen molar-refractivity contribution in [3.05, 3.63) is 175 Å². The maximum Gasteiger partial charge on any atom is 0.0649 e.